The van der Waals surface area contributed by atoms with Gasteiger partial charge in [-0.05, 0) is 30.5 Å². The summed E-state index contributed by atoms with van der Waals surface area (Å²) in [5, 5.41) is 16.2. The first kappa shape index (κ1) is 20.6. The average Bonchev–Trinajstić information content (AvgIpc) is 3.56. The van der Waals surface area contributed by atoms with Gasteiger partial charge in [0.2, 0.25) is 5.95 Å². The molecule has 1 unspecified atom stereocenters. The summed E-state index contributed by atoms with van der Waals surface area (Å²) < 4.78 is 9.56. The maximum atomic E-state index is 5.78. The Balaban J connectivity index is 1.34. The van der Waals surface area contributed by atoms with Crippen LogP contribution in [0.15, 0.2) is 42.9 Å². The maximum Gasteiger partial charge on any atom is 0.228 e. The molecule has 1 fully saturated rings. The number of nitrogens with zero attached hydrogens (tertiary/aromatic N) is 7. The van der Waals surface area contributed by atoms with E-state index in [0.29, 0.717) is 5.95 Å². The minimum atomic E-state index is 0.174. The number of methoxy groups -OCH3 is 1. The molecule has 0 aromatic carbocycles. The van der Waals surface area contributed by atoms with Gasteiger partial charge in [0, 0.05) is 44.6 Å². The van der Waals surface area contributed by atoms with Gasteiger partial charge >= 0.3 is 0 Å². The van der Waals surface area contributed by atoms with E-state index in [9.17, 15) is 0 Å². The van der Waals surface area contributed by atoms with Crippen molar-refractivity contribution in [2.75, 3.05) is 12.4 Å². The molecule has 1 aliphatic carbocycles. The third-order valence-corrected chi connectivity index (χ3v) is 6.31. The third kappa shape index (κ3) is 4.34. The summed E-state index contributed by atoms with van der Waals surface area (Å²) >= 11 is 0. The van der Waals surface area contributed by atoms with Crippen LogP contribution in [0.3, 0.4) is 0 Å². The highest BCUT2D eigenvalue weighted by atomic mass is 16.5. The molecule has 1 atom stereocenters. The summed E-state index contributed by atoms with van der Waals surface area (Å²) in [6.45, 7) is 0. The van der Waals surface area contributed by atoms with Crippen molar-refractivity contribution < 1.29 is 4.74 Å². The Labute approximate surface area is 186 Å². The second kappa shape index (κ2) is 9.04. The Morgan fingerprint density at radius 2 is 2.03 bits per heavy atom. The van der Waals surface area contributed by atoms with Crippen molar-refractivity contribution in [1.29, 1.82) is 0 Å². The van der Waals surface area contributed by atoms with E-state index in [1.165, 1.54) is 25.7 Å². The first-order chi connectivity index (χ1) is 15.7. The lowest BCUT2D eigenvalue weighted by Gasteiger charge is -2.18. The molecule has 0 amide bonds. The number of ether oxygens (including phenoxy) is 1. The topological polar surface area (TPSA) is 95.0 Å². The molecule has 9 nitrogen and oxygen atoms in total. The van der Waals surface area contributed by atoms with Gasteiger partial charge < -0.3 is 10.1 Å². The molecule has 1 aliphatic rings. The molecular formula is C23H28N8O. The molecule has 4 aromatic rings. The van der Waals surface area contributed by atoms with E-state index in [1.807, 2.05) is 41.9 Å². The molecule has 0 aliphatic heterocycles. The quantitative estimate of drug-likeness (QED) is 0.452. The number of hydrogen-bond donors (Lipinski definition) is 1. The number of hydrogen-bond acceptors (Lipinski definition) is 7. The summed E-state index contributed by atoms with van der Waals surface area (Å²) in [6, 6.07) is 7.81. The number of rotatable bonds is 8. The lowest BCUT2D eigenvalue weighted by Crippen LogP contribution is -2.19. The van der Waals surface area contributed by atoms with E-state index < -0.39 is 0 Å². The van der Waals surface area contributed by atoms with Crippen LogP contribution in [0.2, 0.25) is 0 Å². The van der Waals surface area contributed by atoms with Crippen LogP contribution in [-0.4, -0.2) is 47.6 Å². The van der Waals surface area contributed by atoms with Crippen LogP contribution in [0.4, 0.5) is 11.8 Å². The van der Waals surface area contributed by atoms with Gasteiger partial charge in [-0.2, -0.15) is 5.10 Å². The fourth-order valence-electron chi connectivity index (χ4n) is 4.51. The molecule has 1 N–H and O–H groups in total. The van der Waals surface area contributed by atoms with Gasteiger partial charge in [0.1, 0.15) is 11.6 Å². The molecule has 0 radical (unpaired) electrons. The number of fused-ring (bicyclic) bond motifs is 1. The van der Waals surface area contributed by atoms with Crippen LogP contribution >= 0.6 is 0 Å². The first-order valence-corrected chi connectivity index (χ1v) is 11.1. The highest BCUT2D eigenvalue weighted by molar-refractivity contribution is 5.65. The molecule has 9 heteroatoms. The predicted octanol–water partition coefficient (Wildman–Crippen LogP) is 3.80. The third-order valence-electron chi connectivity index (χ3n) is 6.31. The van der Waals surface area contributed by atoms with Gasteiger partial charge in [0.25, 0.3) is 0 Å². The zero-order valence-corrected chi connectivity index (χ0v) is 18.5. The molecule has 32 heavy (non-hydrogen) atoms. The predicted molar refractivity (Wildman–Crippen MR) is 122 cm³/mol. The number of anilines is 2. The lowest BCUT2D eigenvalue weighted by molar-refractivity contribution is 0.0793. The van der Waals surface area contributed by atoms with Gasteiger partial charge in [-0.3, -0.25) is 9.08 Å². The largest absolute Gasteiger partial charge is 0.381 e. The number of aromatic nitrogens is 7. The summed E-state index contributed by atoms with van der Waals surface area (Å²) in [7, 11) is 3.66. The Morgan fingerprint density at radius 1 is 1.16 bits per heavy atom. The zero-order chi connectivity index (χ0) is 21.9. The van der Waals surface area contributed by atoms with Gasteiger partial charge in [-0.25, -0.2) is 9.97 Å². The second-order valence-corrected chi connectivity index (χ2v) is 8.44. The van der Waals surface area contributed by atoms with E-state index in [1.54, 1.807) is 24.2 Å². The van der Waals surface area contributed by atoms with Crippen molar-refractivity contribution >= 4 is 17.4 Å². The number of nitrogens with one attached hydrogen (secondary N) is 1. The fourth-order valence-corrected chi connectivity index (χ4v) is 4.51. The van der Waals surface area contributed by atoms with Gasteiger partial charge in [0.15, 0.2) is 5.65 Å². The fraction of sp³-hybridized carbons (Fsp3) is 0.435. The van der Waals surface area contributed by atoms with Crippen molar-refractivity contribution in [3.8, 4) is 11.3 Å². The second-order valence-electron chi connectivity index (χ2n) is 8.44. The van der Waals surface area contributed by atoms with Gasteiger partial charge in [-0.1, -0.05) is 25.7 Å². The van der Waals surface area contributed by atoms with Crippen molar-refractivity contribution in [2.45, 2.75) is 44.6 Å². The van der Waals surface area contributed by atoms with Crippen LogP contribution in [0, 0.1) is 5.92 Å². The molecular weight excluding hydrogens is 404 g/mol. The Bertz CT molecular complexity index is 1190. The molecule has 0 bridgehead atoms. The van der Waals surface area contributed by atoms with Crippen molar-refractivity contribution in [1.82, 2.24) is 34.3 Å². The van der Waals surface area contributed by atoms with Crippen LogP contribution in [0.5, 0.6) is 0 Å². The highest BCUT2D eigenvalue weighted by Gasteiger charge is 2.22. The normalized spacial score (nSPS) is 15.4. The number of pyridine rings is 1. The molecule has 4 heterocycles. The summed E-state index contributed by atoms with van der Waals surface area (Å²) in [5.74, 6) is 3.04. The van der Waals surface area contributed by atoms with Crippen molar-refractivity contribution in [3.63, 3.8) is 0 Å². The Hall–Kier alpha value is -3.33. The van der Waals surface area contributed by atoms with Crippen LogP contribution < -0.4 is 5.32 Å². The van der Waals surface area contributed by atoms with Crippen LogP contribution in [0.1, 0.15) is 37.9 Å². The SMILES string of the molecule is COC(Cc1nnc2cc(-c3ccnc(Nc4ccnn4C)n3)ccn12)CC1CCCC1. The van der Waals surface area contributed by atoms with E-state index >= 15 is 0 Å². The smallest absolute Gasteiger partial charge is 0.228 e. The standard InChI is InChI=1S/C23H28N8O/c1-30-20(8-11-25-30)27-23-24-10-7-19(26-23)17-9-12-31-21(14-17)28-29-22(31)15-18(32-2)13-16-5-3-4-6-16/h7-12,14,16,18H,3-6,13,15H2,1-2H3,(H,24,26,27). The number of aryl methyl sites for hydroxylation is 1. The maximum absolute atomic E-state index is 5.78. The Morgan fingerprint density at radius 3 is 2.81 bits per heavy atom. The van der Waals surface area contributed by atoms with E-state index in [-0.39, 0.29) is 6.10 Å². The molecule has 166 valence electrons. The van der Waals surface area contributed by atoms with Gasteiger partial charge in [0.05, 0.1) is 18.0 Å². The molecule has 4 aromatic heterocycles. The van der Waals surface area contributed by atoms with E-state index in [0.717, 1.165) is 47.3 Å². The lowest BCUT2D eigenvalue weighted by atomic mass is 9.98. The molecule has 0 spiro atoms. The zero-order valence-electron chi connectivity index (χ0n) is 18.5. The molecule has 5 rings (SSSR count). The minimum Gasteiger partial charge on any atom is -0.381 e. The minimum absolute atomic E-state index is 0.174. The molecule has 0 saturated heterocycles. The van der Waals surface area contributed by atoms with E-state index in [4.69, 9.17) is 4.74 Å². The summed E-state index contributed by atoms with van der Waals surface area (Å²) in [6.07, 6.45) is 12.8. The van der Waals surface area contributed by atoms with E-state index in [2.05, 4.69) is 30.6 Å². The van der Waals surface area contributed by atoms with Crippen LogP contribution in [0.25, 0.3) is 16.9 Å². The van der Waals surface area contributed by atoms with Crippen LogP contribution in [-0.2, 0) is 18.2 Å². The Kier molecular flexibility index (Phi) is 5.81. The monoisotopic (exact) mass is 432 g/mol. The highest BCUT2D eigenvalue weighted by Crippen LogP contribution is 2.30. The van der Waals surface area contributed by atoms with Crippen molar-refractivity contribution in [3.05, 3.63) is 48.7 Å². The summed E-state index contributed by atoms with van der Waals surface area (Å²) in [5.41, 5.74) is 2.57. The summed E-state index contributed by atoms with van der Waals surface area (Å²) in [4.78, 5) is 8.97. The first-order valence-electron chi connectivity index (χ1n) is 11.1. The van der Waals surface area contributed by atoms with Gasteiger partial charge in [-0.15, -0.1) is 10.2 Å². The average molecular weight is 433 g/mol. The van der Waals surface area contributed by atoms with Crippen molar-refractivity contribution in [2.24, 2.45) is 13.0 Å². The molecule has 1 saturated carbocycles.